The summed E-state index contributed by atoms with van der Waals surface area (Å²) in [6.07, 6.45) is 3.79. The Balaban J connectivity index is 1.85. The fourth-order valence-corrected chi connectivity index (χ4v) is 3.40. The number of ether oxygens (including phenoxy) is 1. The summed E-state index contributed by atoms with van der Waals surface area (Å²) in [5, 5.41) is 3.47. The molecule has 0 radical (unpaired) electrons. The summed E-state index contributed by atoms with van der Waals surface area (Å²) in [6.45, 7) is 6.67. The van der Waals surface area contributed by atoms with Crippen molar-refractivity contribution >= 4 is 0 Å². The average molecular weight is 290 g/mol. The van der Waals surface area contributed by atoms with Gasteiger partial charge in [-0.2, -0.15) is 0 Å². The summed E-state index contributed by atoms with van der Waals surface area (Å²) in [7, 11) is 3.88. The molecule has 2 atom stereocenters. The zero-order valence-electron chi connectivity index (χ0n) is 13.8. The molecule has 3 nitrogen and oxygen atoms in total. The molecule has 1 N–H and O–H groups in total. The van der Waals surface area contributed by atoms with Crippen molar-refractivity contribution < 1.29 is 4.74 Å². The molecule has 0 amide bonds. The summed E-state index contributed by atoms with van der Waals surface area (Å²) in [4.78, 5) is 2.60. The summed E-state index contributed by atoms with van der Waals surface area (Å²) in [6, 6.07) is 9.30. The molecule has 0 bridgehead atoms. The van der Waals surface area contributed by atoms with E-state index in [9.17, 15) is 0 Å². The number of hydrogen-bond acceptors (Lipinski definition) is 3. The van der Waals surface area contributed by atoms with Gasteiger partial charge in [0.05, 0.1) is 6.61 Å². The number of methoxy groups -OCH3 is 1. The van der Waals surface area contributed by atoms with E-state index in [1.807, 2.05) is 7.11 Å². The molecule has 118 valence electrons. The zero-order chi connectivity index (χ0) is 15.1. The Kier molecular flexibility index (Phi) is 6.68. The molecule has 1 saturated heterocycles. The van der Waals surface area contributed by atoms with Crippen LogP contribution in [-0.4, -0.2) is 45.3 Å². The normalized spacial score (nSPS) is 21.4. The molecule has 2 unspecified atom stereocenters. The molecule has 1 aromatic carbocycles. The van der Waals surface area contributed by atoms with Crippen LogP contribution in [0.5, 0.6) is 0 Å². The predicted molar refractivity (Wildman–Crippen MR) is 88.6 cm³/mol. The molecule has 0 aliphatic carbocycles. The molecule has 0 aromatic heterocycles. The number of rotatable bonds is 7. The van der Waals surface area contributed by atoms with Crippen molar-refractivity contribution in [3.05, 3.63) is 35.4 Å². The quantitative estimate of drug-likeness (QED) is 0.835. The first-order valence-corrected chi connectivity index (χ1v) is 8.18. The van der Waals surface area contributed by atoms with Crippen LogP contribution in [-0.2, 0) is 4.74 Å². The van der Waals surface area contributed by atoms with Crippen molar-refractivity contribution in [3.8, 4) is 0 Å². The van der Waals surface area contributed by atoms with Crippen molar-refractivity contribution in [2.45, 2.75) is 32.2 Å². The number of nitrogens with one attached hydrogen (secondary N) is 1. The summed E-state index contributed by atoms with van der Waals surface area (Å²) in [5.74, 6) is 0.718. The second kappa shape index (κ2) is 8.52. The summed E-state index contributed by atoms with van der Waals surface area (Å²) in [5.41, 5.74) is 2.74. The number of nitrogens with zero attached hydrogens (tertiary/aromatic N) is 1. The molecule has 0 spiro atoms. The third-order valence-electron chi connectivity index (χ3n) is 4.53. The van der Waals surface area contributed by atoms with Gasteiger partial charge in [-0.3, -0.25) is 0 Å². The first-order chi connectivity index (χ1) is 10.2. The lowest BCUT2D eigenvalue weighted by Crippen LogP contribution is -2.38. The molecule has 21 heavy (non-hydrogen) atoms. The number of benzene rings is 1. The van der Waals surface area contributed by atoms with E-state index in [1.165, 1.54) is 50.0 Å². The van der Waals surface area contributed by atoms with Gasteiger partial charge in [-0.1, -0.05) is 29.8 Å². The SMILES string of the molecule is CNC(CCN1CCCC(COC)C1)c1cccc(C)c1. The predicted octanol–water partition coefficient (Wildman–Crippen LogP) is 3.00. The topological polar surface area (TPSA) is 24.5 Å². The van der Waals surface area contributed by atoms with Crippen LogP contribution >= 0.6 is 0 Å². The largest absolute Gasteiger partial charge is 0.384 e. The maximum absolute atomic E-state index is 5.32. The van der Waals surface area contributed by atoms with E-state index in [0.29, 0.717) is 6.04 Å². The van der Waals surface area contributed by atoms with Crippen LogP contribution in [0.15, 0.2) is 24.3 Å². The number of likely N-dealkylation sites (tertiary alicyclic amines) is 1. The monoisotopic (exact) mass is 290 g/mol. The minimum Gasteiger partial charge on any atom is -0.384 e. The van der Waals surface area contributed by atoms with Crippen LogP contribution in [0.2, 0.25) is 0 Å². The van der Waals surface area contributed by atoms with Gasteiger partial charge in [0.1, 0.15) is 0 Å². The van der Waals surface area contributed by atoms with Crippen molar-refractivity contribution in [1.29, 1.82) is 0 Å². The van der Waals surface area contributed by atoms with E-state index in [1.54, 1.807) is 0 Å². The van der Waals surface area contributed by atoms with Crippen LogP contribution < -0.4 is 5.32 Å². The van der Waals surface area contributed by atoms with Gasteiger partial charge in [0.25, 0.3) is 0 Å². The molecule has 1 fully saturated rings. The third-order valence-corrected chi connectivity index (χ3v) is 4.53. The van der Waals surface area contributed by atoms with Crippen LogP contribution in [0.1, 0.15) is 36.4 Å². The molecule has 3 heteroatoms. The van der Waals surface area contributed by atoms with Gasteiger partial charge >= 0.3 is 0 Å². The summed E-state index contributed by atoms with van der Waals surface area (Å²) >= 11 is 0. The smallest absolute Gasteiger partial charge is 0.0502 e. The molecule has 2 rings (SSSR count). The summed E-state index contributed by atoms with van der Waals surface area (Å²) < 4.78 is 5.32. The van der Waals surface area contributed by atoms with E-state index in [-0.39, 0.29) is 0 Å². The van der Waals surface area contributed by atoms with E-state index in [4.69, 9.17) is 4.74 Å². The van der Waals surface area contributed by atoms with Gasteiger partial charge in [0.15, 0.2) is 0 Å². The lowest BCUT2D eigenvalue weighted by atomic mass is 9.97. The Morgan fingerprint density at radius 2 is 2.29 bits per heavy atom. The van der Waals surface area contributed by atoms with Gasteiger partial charge in [-0.05, 0) is 57.8 Å². The Morgan fingerprint density at radius 3 is 3.00 bits per heavy atom. The lowest BCUT2D eigenvalue weighted by Gasteiger charge is -2.33. The molecule has 1 aromatic rings. The first-order valence-electron chi connectivity index (χ1n) is 8.18. The Labute approximate surface area is 129 Å². The van der Waals surface area contributed by atoms with Crippen molar-refractivity contribution in [3.63, 3.8) is 0 Å². The van der Waals surface area contributed by atoms with E-state index in [0.717, 1.165) is 12.5 Å². The zero-order valence-corrected chi connectivity index (χ0v) is 13.8. The lowest BCUT2D eigenvalue weighted by molar-refractivity contribution is 0.0887. The van der Waals surface area contributed by atoms with E-state index < -0.39 is 0 Å². The van der Waals surface area contributed by atoms with Gasteiger partial charge in [-0.15, -0.1) is 0 Å². The van der Waals surface area contributed by atoms with Gasteiger partial charge in [0, 0.05) is 19.7 Å². The van der Waals surface area contributed by atoms with Crippen molar-refractivity contribution in [2.24, 2.45) is 5.92 Å². The Morgan fingerprint density at radius 1 is 1.43 bits per heavy atom. The van der Waals surface area contributed by atoms with E-state index in [2.05, 4.69) is 48.5 Å². The van der Waals surface area contributed by atoms with Crippen LogP contribution in [0.25, 0.3) is 0 Å². The highest BCUT2D eigenvalue weighted by atomic mass is 16.5. The maximum Gasteiger partial charge on any atom is 0.0502 e. The molecular formula is C18H30N2O. The fraction of sp³-hybridized carbons (Fsp3) is 0.667. The van der Waals surface area contributed by atoms with Crippen LogP contribution in [0, 0.1) is 12.8 Å². The van der Waals surface area contributed by atoms with E-state index >= 15 is 0 Å². The maximum atomic E-state index is 5.32. The first kappa shape index (κ1) is 16.5. The second-order valence-electron chi connectivity index (χ2n) is 6.31. The van der Waals surface area contributed by atoms with Crippen molar-refractivity contribution in [1.82, 2.24) is 10.2 Å². The number of hydrogen-bond donors (Lipinski definition) is 1. The Hall–Kier alpha value is -0.900. The van der Waals surface area contributed by atoms with Gasteiger partial charge < -0.3 is 15.0 Å². The standard InChI is InChI=1S/C18H30N2O/c1-15-6-4-8-17(12-15)18(19-2)9-11-20-10-5-7-16(13-20)14-21-3/h4,6,8,12,16,18-19H,5,7,9-11,13-14H2,1-3H3. The molecular weight excluding hydrogens is 260 g/mol. The van der Waals surface area contributed by atoms with Gasteiger partial charge in [0.2, 0.25) is 0 Å². The molecule has 1 aliphatic heterocycles. The van der Waals surface area contributed by atoms with Crippen LogP contribution in [0.4, 0.5) is 0 Å². The minimum absolute atomic E-state index is 0.452. The van der Waals surface area contributed by atoms with Crippen LogP contribution in [0.3, 0.4) is 0 Å². The highest BCUT2D eigenvalue weighted by molar-refractivity contribution is 5.25. The second-order valence-corrected chi connectivity index (χ2v) is 6.31. The average Bonchev–Trinajstić information content (AvgIpc) is 2.49. The van der Waals surface area contributed by atoms with Gasteiger partial charge in [-0.25, -0.2) is 0 Å². The highest BCUT2D eigenvalue weighted by Crippen LogP contribution is 2.21. The third kappa shape index (κ3) is 5.10. The minimum atomic E-state index is 0.452. The number of aryl methyl sites for hydroxylation is 1. The Bertz CT molecular complexity index is 419. The highest BCUT2D eigenvalue weighted by Gasteiger charge is 2.20. The van der Waals surface area contributed by atoms with Crippen molar-refractivity contribution in [2.75, 3.05) is 40.4 Å². The molecule has 1 aliphatic rings. The fourth-order valence-electron chi connectivity index (χ4n) is 3.40. The molecule has 1 heterocycles. The number of piperidine rings is 1. The molecule has 0 saturated carbocycles.